The summed E-state index contributed by atoms with van der Waals surface area (Å²) in [6.45, 7) is 1.67. The summed E-state index contributed by atoms with van der Waals surface area (Å²) < 4.78 is 0. The first kappa shape index (κ1) is 12.0. The second kappa shape index (κ2) is 5.11. The number of pyridine rings is 1. The Labute approximate surface area is 92.5 Å². The van der Waals surface area contributed by atoms with E-state index in [1.165, 1.54) is 18.5 Å². The zero-order valence-corrected chi connectivity index (χ0v) is 8.80. The molecule has 0 aliphatic rings. The van der Waals surface area contributed by atoms with E-state index in [0.717, 1.165) is 0 Å². The van der Waals surface area contributed by atoms with Crippen LogP contribution in [0.4, 0.5) is 0 Å². The van der Waals surface area contributed by atoms with Gasteiger partial charge in [0.2, 0.25) is 5.91 Å². The van der Waals surface area contributed by atoms with Gasteiger partial charge in [-0.1, -0.05) is 0 Å². The second-order valence-electron chi connectivity index (χ2n) is 3.48. The molecular formula is C10H13N3O3. The highest BCUT2D eigenvalue weighted by molar-refractivity contribution is 5.94. The van der Waals surface area contributed by atoms with Crippen molar-refractivity contribution >= 4 is 11.8 Å². The Kier molecular flexibility index (Phi) is 3.82. The lowest BCUT2D eigenvalue weighted by atomic mass is 10.2. The van der Waals surface area contributed by atoms with Crippen molar-refractivity contribution in [1.29, 1.82) is 0 Å². The van der Waals surface area contributed by atoms with Crippen LogP contribution in [0.1, 0.15) is 23.7 Å². The van der Waals surface area contributed by atoms with E-state index in [1.807, 2.05) is 0 Å². The van der Waals surface area contributed by atoms with Crippen molar-refractivity contribution in [3.05, 3.63) is 24.0 Å². The first-order chi connectivity index (χ1) is 7.49. The van der Waals surface area contributed by atoms with Gasteiger partial charge in [-0.15, -0.1) is 0 Å². The van der Waals surface area contributed by atoms with Crippen LogP contribution in [0, 0.1) is 0 Å². The van der Waals surface area contributed by atoms with Crippen molar-refractivity contribution in [2.75, 3.05) is 0 Å². The third-order valence-electron chi connectivity index (χ3n) is 1.87. The molecule has 0 aliphatic heterocycles. The van der Waals surface area contributed by atoms with E-state index in [-0.39, 0.29) is 23.8 Å². The fourth-order valence-corrected chi connectivity index (χ4v) is 1.21. The molecule has 1 rings (SSSR count). The van der Waals surface area contributed by atoms with Gasteiger partial charge < -0.3 is 16.2 Å². The number of carbonyl (C=O) groups excluding carboxylic acids is 2. The summed E-state index contributed by atoms with van der Waals surface area (Å²) >= 11 is 0. The van der Waals surface area contributed by atoms with Crippen molar-refractivity contribution in [3.63, 3.8) is 0 Å². The van der Waals surface area contributed by atoms with E-state index in [4.69, 9.17) is 10.8 Å². The molecule has 0 saturated heterocycles. The average Bonchev–Trinajstić information content (AvgIpc) is 2.16. The van der Waals surface area contributed by atoms with Crippen LogP contribution >= 0.6 is 0 Å². The van der Waals surface area contributed by atoms with Crippen LogP contribution in [-0.4, -0.2) is 27.9 Å². The van der Waals surface area contributed by atoms with Gasteiger partial charge >= 0.3 is 0 Å². The van der Waals surface area contributed by atoms with Gasteiger partial charge in [-0.25, -0.2) is 0 Å². The molecule has 0 fully saturated rings. The van der Waals surface area contributed by atoms with Crippen LogP contribution in [0.25, 0.3) is 0 Å². The minimum atomic E-state index is -0.484. The fraction of sp³-hybridized carbons (Fsp3) is 0.300. The minimum absolute atomic E-state index is 0.0674. The minimum Gasteiger partial charge on any atom is -0.506 e. The number of rotatable bonds is 4. The first-order valence-electron chi connectivity index (χ1n) is 4.72. The summed E-state index contributed by atoms with van der Waals surface area (Å²) in [6, 6.07) is 0.937. The summed E-state index contributed by atoms with van der Waals surface area (Å²) in [5, 5.41) is 11.7. The molecule has 0 bridgehead atoms. The van der Waals surface area contributed by atoms with Gasteiger partial charge in [0.05, 0.1) is 11.8 Å². The molecule has 6 heteroatoms. The molecule has 1 atom stereocenters. The topological polar surface area (TPSA) is 105 Å². The monoisotopic (exact) mass is 223 g/mol. The number of hydrogen-bond donors (Lipinski definition) is 3. The molecule has 1 aromatic rings. The van der Waals surface area contributed by atoms with Crippen LogP contribution < -0.4 is 11.1 Å². The third-order valence-corrected chi connectivity index (χ3v) is 1.87. The maximum absolute atomic E-state index is 11.6. The molecule has 0 radical (unpaired) electrons. The fourth-order valence-electron chi connectivity index (χ4n) is 1.21. The van der Waals surface area contributed by atoms with Gasteiger partial charge in [-0.3, -0.25) is 14.6 Å². The van der Waals surface area contributed by atoms with Crippen LogP contribution in [0.3, 0.4) is 0 Å². The number of hydrogen-bond acceptors (Lipinski definition) is 4. The quantitative estimate of drug-likeness (QED) is 0.656. The molecule has 1 aromatic heterocycles. The molecule has 16 heavy (non-hydrogen) atoms. The number of nitrogens with zero attached hydrogens (tertiary/aromatic N) is 1. The van der Waals surface area contributed by atoms with Crippen LogP contribution in [0.2, 0.25) is 0 Å². The van der Waals surface area contributed by atoms with Crippen LogP contribution in [0.15, 0.2) is 18.5 Å². The molecule has 86 valence electrons. The number of nitrogens with one attached hydrogen (secondary N) is 1. The number of primary amides is 1. The number of aromatic nitrogens is 1. The lowest BCUT2D eigenvalue weighted by Gasteiger charge is -2.11. The summed E-state index contributed by atoms with van der Waals surface area (Å²) in [5.74, 6) is -0.978. The second-order valence-corrected chi connectivity index (χ2v) is 3.48. The highest BCUT2D eigenvalue weighted by Gasteiger charge is 2.12. The lowest BCUT2D eigenvalue weighted by Crippen LogP contribution is -2.35. The van der Waals surface area contributed by atoms with Gasteiger partial charge in [0.25, 0.3) is 5.91 Å². The van der Waals surface area contributed by atoms with E-state index in [2.05, 4.69) is 10.3 Å². The first-order valence-corrected chi connectivity index (χ1v) is 4.72. The van der Waals surface area contributed by atoms with Crippen molar-refractivity contribution in [1.82, 2.24) is 10.3 Å². The molecule has 0 aliphatic carbocycles. The molecule has 4 N–H and O–H groups in total. The van der Waals surface area contributed by atoms with Crippen LogP contribution in [0.5, 0.6) is 5.75 Å². The SMILES string of the molecule is CC(CC(N)=O)NC(=O)c1cncc(O)c1. The van der Waals surface area contributed by atoms with E-state index in [0.29, 0.717) is 0 Å². The van der Waals surface area contributed by atoms with Crippen molar-refractivity contribution in [3.8, 4) is 5.75 Å². The Balaban J connectivity index is 2.62. The van der Waals surface area contributed by atoms with E-state index in [9.17, 15) is 9.59 Å². The normalized spacial score (nSPS) is 11.8. The Hall–Kier alpha value is -2.11. The molecule has 0 saturated carbocycles. The Bertz CT molecular complexity index is 406. The van der Waals surface area contributed by atoms with E-state index < -0.39 is 11.8 Å². The van der Waals surface area contributed by atoms with Crippen LogP contribution in [-0.2, 0) is 4.79 Å². The summed E-state index contributed by atoms with van der Waals surface area (Å²) in [6.07, 6.45) is 2.62. The number of carbonyl (C=O) groups is 2. The van der Waals surface area contributed by atoms with Gasteiger partial charge in [0.1, 0.15) is 5.75 Å². The highest BCUT2D eigenvalue weighted by atomic mass is 16.3. The molecule has 1 heterocycles. The van der Waals surface area contributed by atoms with Crippen molar-refractivity contribution in [2.45, 2.75) is 19.4 Å². The van der Waals surface area contributed by atoms with Crippen molar-refractivity contribution in [2.24, 2.45) is 5.73 Å². The standard InChI is InChI=1S/C10H13N3O3/c1-6(2-9(11)15)13-10(16)7-3-8(14)5-12-4-7/h3-6,14H,2H2,1H3,(H2,11,15)(H,13,16). The van der Waals surface area contributed by atoms with Gasteiger partial charge in [0, 0.05) is 18.7 Å². The number of nitrogens with two attached hydrogens (primary N) is 1. The van der Waals surface area contributed by atoms with Gasteiger partial charge in [-0.05, 0) is 13.0 Å². The molecule has 6 nitrogen and oxygen atoms in total. The Morgan fingerprint density at radius 2 is 2.25 bits per heavy atom. The maximum atomic E-state index is 11.6. The maximum Gasteiger partial charge on any atom is 0.253 e. The average molecular weight is 223 g/mol. The predicted octanol–water partition coefficient (Wildman–Crippen LogP) is -0.219. The molecule has 0 spiro atoms. The van der Waals surface area contributed by atoms with E-state index in [1.54, 1.807) is 6.92 Å². The van der Waals surface area contributed by atoms with Gasteiger partial charge in [0.15, 0.2) is 0 Å². The predicted molar refractivity (Wildman–Crippen MR) is 56.6 cm³/mol. The Morgan fingerprint density at radius 1 is 1.56 bits per heavy atom. The summed E-state index contributed by atoms with van der Waals surface area (Å²) in [5.41, 5.74) is 5.22. The van der Waals surface area contributed by atoms with Crippen molar-refractivity contribution < 1.29 is 14.7 Å². The van der Waals surface area contributed by atoms with Gasteiger partial charge in [-0.2, -0.15) is 0 Å². The molecule has 2 amide bonds. The zero-order chi connectivity index (χ0) is 12.1. The zero-order valence-electron chi connectivity index (χ0n) is 8.80. The van der Waals surface area contributed by atoms with E-state index >= 15 is 0 Å². The largest absolute Gasteiger partial charge is 0.506 e. The summed E-state index contributed by atoms with van der Waals surface area (Å²) in [4.78, 5) is 25.8. The highest BCUT2D eigenvalue weighted by Crippen LogP contribution is 2.08. The summed E-state index contributed by atoms with van der Waals surface area (Å²) in [7, 11) is 0. The number of amides is 2. The molecule has 0 aromatic carbocycles. The Morgan fingerprint density at radius 3 is 2.81 bits per heavy atom. The molecular weight excluding hydrogens is 210 g/mol. The smallest absolute Gasteiger partial charge is 0.253 e. The third kappa shape index (κ3) is 3.56. The molecule has 1 unspecified atom stereocenters. The lowest BCUT2D eigenvalue weighted by molar-refractivity contribution is -0.118. The number of aromatic hydroxyl groups is 1.